The Kier molecular flexibility index (Phi) is 7.73. The molecule has 0 aliphatic heterocycles. The minimum atomic E-state index is -0.103. The highest BCUT2D eigenvalue weighted by Gasteiger charge is 2.12. The molecule has 0 saturated carbocycles. The summed E-state index contributed by atoms with van der Waals surface area (Å²) in [6, 6.07) is 16.4. The van der Waals surface area contributed by atoms with Crippen molar-refractivity contribution in [2.75, 3.05) is 32.5 Å². The normalized spacial score (nSPS) is 10.4. The van der Waals surface area contributed by atoms with Gasteiger partial charge in [-0.1, -0.05) is 19.1 Å². The zero-order chi connectivity index (χ0) is 20.5. The van der Waals surface area contributed by atoms with Crippen LogP contribution in [-0.2, 0) is 11.3 Å². The van der Waals surface area contributed by atoms with E-state index in [4.69, 9.17) is 5.26 Å². The predicted octanol–water partition coefficient (Wildman–Crippen LogP) is 3.11. The molecule has 6 nitrogen and oxygen atoms in total. The van der Waals surface area contributed by atoms with Crippen LogP contribution in [0.3, 0.4) is 0 Å². The zero-order valence-electron chi connectivity index (χ0n) is 16.6. The topological polar surface area (TPSA) is 76.4 Å². The molecular formula is C22H26N4O2. The van der Waals surface area contributed by atoms with Gasteiger partial charge in [-0.05, 0) is 54.9 Å². The standard InChI is InChI=1S/C22H26N4O2/c1-4-13-26(15-18-7-5-17(14-23)6-8-18)16-21(27)24-20-11-9-19(10-12-20)22(28)25(2)3/h5-12H,4,13,15-16H2,1-3H3,(H,24,27). The summed E-state index contributed by atoms with van der Waals surface area (Å²) in [6.07, 6.45) is 0.935. The first-order valence-corrected chi connectivity index (χ1v) is 9.26. The molecule has 0 spiro atoms. The lowest BCUT2D eigenvalue weighted by atomic mass is 10.1. The minimum absolute atomic E-state index is 0.0746. The highest BCUT2D eigenvalue weighted by atomic mass is 16.2. The van der Waals surface area contributed by atoms with Crippen molar-refractivity contribution in [1.29, 1.82) is 5.26 Å². The van der Waals surface area contributed by atoms with Gasteiger partial charge in [0.2, 0.25) is 5.91 Å². The lowest BCUT2D eigenvalue weighted by Gasteiger charge is -2.21. The molecule has 6 heteroatoms. The molecule has 0 fully saturated rings. The van der Waals surface area contributed by atoms with Crippen LogP contribution in [0.2, 0.25) is 0 Å². The second-order valence-corrected chi connectivity index (χ2v) is 6.84. The number of nitriles is 1. The first-order chi connectivity index (χ1) is 13.4. The van der Waals surface area contributed by atoms with Crippen LogP contribution in [0.15, 0.2) is 48.5 Å². The van der Waals surface area contributed by atoms with Gasteiger partial charge in [-0.15, -0.1) is 0 Å². The molecule has 0 unspecified atom stereocenters. The maximum absolute atomic E-state index is 12.4. The number of carbonyl (C=O) groups is 2. The van der Waals surface area contributed by atoms with Crippen molar-refractivity contribution in [2.24, 2.45) is 0 Å². The summed E-state index contributed by atoms with van der Waals surface area (Å²) < 4.78 is 0. The minimum Gasteiger partial charge on any atom is -0.345 e. The third kappa shape index (κ3) is 6.22. The van der Waals surface area contributed by atoms with Gasteiger partial charge in [0.15, 0.2) is 0 Å². The maximum atomic E-state index is 12.4. The Bertz CT molecular complexity index is 836. The predicted molar refractivity (Wildman–Crippen MR) is 110 cm³/mol. The van der Waals surface area contributed by atoms with E-state index in [0.717, 1.165) is 18.5 Å². The number of amides is 2. The Morgan fingerprint density at radius 2 is 1.68 bits per heavy atom. The Labute approximate surface area is 166 Å². The van der Waals surface area contributed by atoms with Crippen molar-refractivity contribution in [2.45, 2.75) is 19.9 Å². The van der Waals surface area contributed by atoms with Crippen molar-refractivity contribution in [1.82, 2.24) is 9.80 Å². The second kappa shape index (κ2) is 10.2. The molecule has 2 aromatic carbocycles. The zero-order valence-corrected chi connectivity index (χ0v) is 16.6. The van der Waals surface area contributed by atoms with Gasteiger partial charge >= 0.3 is 0 Å². The van der Waals surface area contributed by atoms with E-state index in [1.165, 1.54) is 4.90 Å². The number of hydrogen-bond acceptors (Lipinski definition) is 4. The molecule has 0 aliphatic carbocycles. The largest absolute Gasteiger partial charge is 0.345 e. The van der Waals surface area contributed by atoms with E-state index in [-0.39, 0.29) is 18.4 Å². The number of hydrogen-bond donors (Lipinski definition) is 1. The average Bonchev–Trinajstić information content (AvgIpc) is 2.68. The Hall–Kier alpha value is -3.17. The van der Waals surface area contributed by atoms with Crippen LogP contribution < -0.4 is 5.32 Å². The number of anilines is 1. The lowest BCUT2D eigenvalue weighted by Crippen LogP contribution is -2.33. The molecule has 0 aliphatic rings. The molecule has 2 amide bonds. The summed E-state index contributed by atoms with van der Waals surface area (Å²) in [5.41, 5.74) is 2.93. The SMILES string of the molecule is CCCN(CC(=O)Nc1ccc(C(=O)N(C)C)cc1)Cc1ccc(C#N)cc1. The summed E-state index contributed by atoms with van der Waals surface area (Å²) in [4.78, 5) is 28.0. The van der Waals surface area contributed by atoms with Gasteiger partial charge in [-0.3, -0.25) is 14.5 Å². The fourth-order valence-electron chi connectivity index (χ4n) is 2.83. The third-order valence-electron chi connectivity index (χ3n) is 4.22. The van der Waals surface area contributed by atoms with Gasteiger partial charge in [0.05, 0.1) is 18.2 Å². The molecule has 1 N–H and O–H groups in total. The molecule has 2 rings (SSSR count). The highest BCUT2D eigenvalue weighted by Crippen LogP contribution is 2.12. The molecule has 0 bridgehead atoms. The summed E-state index contributed by atoms with van der Waals surface area (Å²) in [5, 5.41) is 11.8. The molecule has 0 radical (unpaired) electrons. The van der Waals surface area contributed by atoms with E-state index in [0.29, 0.717) is 23.4 Å². The average molecular weight is 378 g/mol. The maximum Gasteiger partial charge on any atom is 0.253 e. The van der Waals surface area contributed by atoms with E-state index in [9.17, 15) is 9.59 Å². The molecule has 0 atom stereocenters. The van der Waals surface area contributed by atoms with Crippen LogP contribution in [0.1, 0.15) is 34.8 Å². The number of nitrogens with one attached hydrogen (secondary N) is 1. The third-order valence-corrected chi connectivity index (χ3v) is 4.22. The number of carbonyl (C=O) groups excluding carboxylic acids is 2. The Morgan fingerprint density at radius 1 is 1.04 bits per heavy atom. The summed E-state index contributed by atoms with van der Waals surface area (Å²) in [5.74, 6) is -0.178. The van der Waals surface area contributed by atoms with E-state index in [2.05, 4.69) is 23.2 Å². The van der Waals surface area contributed by atoms with Gasteiger partial charge in [0.25, 0.3) is 5.91 Å². The molecule has 28 heavy (non-hydrogen) atoms. The van der Waals surface area contributed by atoms with Crippen molar-refractivity contribution in [3.05, 3.63) is 65.2 Å². The van der Waals surface area contributed by atoms with Gasteiger partial charge in [0, 0.05) is 31.9 Å². The molecule has 0 aromatic heterocycles. The number of nitrogens with zero attached hydrogens (tertiary/aromatic N) is 3. The molecule has 2 aromatic rings. The highest BCUT2D eigenvalue weighted by molar-refractivity contribution is 5.96. The molecule has 0 heterocycles. The monoisotopic (exact) mass is 378 g/mol. The quantitative estimate of drug-likeness (QED) is 0.766. The summed E-state index contributed by atoms with van der Waals surface area (Å²) in [7, 11) is 3.41. The number of rotatable bonds is 8. The number of benzene rings is 2. The van der Waals surface area contributed by atoms with Crippen molar-refractivity contribution in [3.8, 4) is 6.07 Å². The van der Waals surface area contributed by atoms with Gasteiger partial charge in [0.1, 0.15) is 0 Å². The van der Waals surface area contributed by atoms with Crippen LogP contribution in [-0.4, -0.2) is 48.8 Å². The van der Waals surface area contributed by atoms with Gasteiger partial charge < -0.3 is 10.2 Å². The van der Waals surface area contributed by atoms with Crippen LogP contribution in [0.25, 0.3) is 0 Å². The van der Waals surface area contributed by atoms with Crippen molar-refractivity contribution >= 4 is 17.5 Å². The Balaban J connectivity index is 1.96. The van der Waals surface area contributed by atoms with E-state index in [1.807, 2.05) is 12.1 Å². The molecule has 0 saturated heterocycles. The van der Waals surface area contributed by atoms with Crippen LogP contribution in [0, 0.1) is 11.3 Å². The van der Waals surface area contributed by atoms with Gasteiger partial charge in [-0.2, -0.15) is 5.26 Å². The van der Waals surface area contributed by atoms with Crippen molar-refractivity contribution in [3.63, 3.8) is 0 Å². The fourth-order valence-corrected chi connectivity index (χ4v) is 2.83. The molecule has 146 valence electrons. The van der Waals surface area contributed by atoms with E-state index >= 15 is 0 Å². The van der Waals surface area contributed by atoms with Crippen molar-refractivity contribution < 1.29 is 9.59 Å². The van der Waals surface area contributed by atoms with E-state index in [1.54, 1.807) is 50.5 Å². The first-order valence-electron chi connectivity index (χ1n) is 9.26. The van der Waals surface area contributed by atoms with Crippen LogP contribution >= 0.6 is 0 Å². The second-order valence-electron chi connectivity index (χ2n) is 6.84. The fraction of sp³-hybridized carbons (Fsp3) is 0.318. The van der Waals surface area contributed by atoms with Gasteiger partial charge in [-0.25, -0.2) is 0 Å². The smallest absolute Gasteiger partial charge is 0.253 e. The summed E-state index contributed by atoms with van der Waals surface area (Å²) >= 11 is 0. The van der Waals surface area contributed by atoms with Crippen LogP contribution in [0.4, 0.5) is 5.69 Å². The Morgan fingerprint density at radius 3 is 2.21 bits per heavy atom. The first kappa shape index (κ1) is 21.1. The van der Waals surface area contributed by atoms with E-state index < -0.39 is 0 Å². The van der Waals surface area contributed by atoms with Crippen LogP contribution in [0.5, 0.6) is 0 Å². The summed E-state index contributed by atoms with van der Waals surface area (Å²) in [6.45, 7) is 3.78. The molecular weight excluding hydrogens is 352 g/mol. The lowest BCUT2D eigenvalue weighted by molar-refractivity contribution is -0.117.